The number of esters is 1. The van der Waals surface area contributed by atoms with Gasteiger partial charge in [0, 0.05) is 6.20 Å². The highest BCUT2D eigenvalue weighted by molar-refractivity contribution is 5.92. The summed E-state index contributed by atoms with van der Waals surface area (Å²) < 4.78 is 6.39. The first-order valence-corrected chi connectivity index (χ1v) is 4.55. The van der Waals surface area contributed by atoms with Crippen molar-refractivity contribution in [3.8, 4) is 5.75 Å². The van der Waals surface area contributed by atoms with Crippen LogP contribution in [0.3, 0.4) is 0 Å². The molecule has 2 rings (SSSR count). The predicted octanol–water partition coefficient (Wildman–Crippen LogP) is 1.22. The summed E-state index contributed by atoms with van der Waals surface area (Å²) in [5.74, 6) is -0.764. The summed E-state index contributed by atoms with van der Waals surface area (Å²) in [6.45, 7) is 1.96. The minimum absolute atomic E-state index is 0.0527. The lowest BCUT2D eigenvalue weighted by Crippen LogP contribution is -2.08. The summed E-state index contributed by atoms with van der Waals surface area (Å²) in [5.41, 5.74) is 0.483. The Hall–Kier alpha value is -2.04. The largest absolute Gasteiger partial charge is 0.504 e. The molecule has 0 saturated heterocycles. The van der Waals surface area contributed by atoms with Crippen LogP contribution in [0.15, 0.2) is 24.7 Å². The first-order valence-electron chi connectivity index (χ1n) is 4.55. The highest BCUT2D eigenvalue weighted by Crippen LogP contribution is 2.22. The zero-order valence-corrected chi connectivity index (χ0v) is 8.17. The van der Waals surface area contributed by atoms with Gasteiger partial charge < -0.3 is 14.2 Å². The second-order valence-electron chi connectivity index (χ2n) is 2.96. The number of nitrogens with zero attached hydrogens (tertiary/aromatic N) is 2. The molecule has 0 aliphatic rings. The van der Waals surface area contributed by atoms with Crippen LogP contribution in [0.5, 0.6) is 5.75 Å². The Morgan fingerprint density at radius 2 is 2.47 bits per heavy atom. The molecule has 0 radical (unpaired) electrons. The van der Waals surface area contributed by atoms with Gasteiger partial charge in [-0.2, -0.15) is 0 Å². The van der Waals surface area contributed by atoms with Crippen LogP contribution in [0.2, 0.25) is 0 Å². The maximum absolute atomic E-state index is 11.4. The molecule has 0 unspecified atom stereocenters. The molecule has 2 aromatic rings. The van der Waals surface area contributed by atoms with E-state index in [9.17, 15) is 9.90 Å². The second-order valence-corrected chi connectivity index (χ2v) is 2.96. The van der Waals surface area contributed by atoms with E-state index in [1.165, 1.54) is 6.33 Å². The topological polar surface area (TPSA) is 63.8 Å². The van der Waals surface area contributed by atoms with Crippen molar-refractivity contribution < 1.29 is 14.6 Å². The molecule has 0 atom stereocenters. The van der Waals surface area contributed by atoms with Crippen molar-refractivity contribution in [1.82, 2.24) is 9.38 Å². The van der Waals surface area contributed by atoms with Gasteiger partial charge in [-0.3, -0.25) is 0 Å². The third-order valence-corrected chi connectivity index (χ3v) is 2.03. The summed E-state index contributed by atoms with van der Waals surface area (Å²) >= 11 is 0. The number of carbonyl (C=O) groups is 1. The summed E-state index contributed by atoms with van der Waals surface area (Å²) in [6.07, 6.45) is 3.19. The molecule has 2 aromatic heterocycles. The van der Waals surface area contributed by atoms with E-state index in [2.05, 4.69) is 4.98 Å². The molecule has 5 nitrogen and oxygen atoms in total. The van der Waals surface area contributed by atoms with Gasteiger partial charge in [0.1, 0.15) is 6.33 Å². The molecule has 0 aliphatic heterocycles. The van der Waals surface area contributed by atoms with Gasteiger partial charge in [0.25, 0.3) is 0 Å². The Morgan fingerprint density at radius 3 is 3.20 bits per heavy atom. The van der Waals surface area contributed by atoms with Gasteiger partial charge in [-0.15, -0.1) is 0 Å². The van der Waals surface area contributed by atoms with Crippen LogP contribution in [0.25, 0.3) is 5.52 Å². The van der Waals surface area contributed by atoms with Crippen LogP contribution in [-0.4, -0.2) is 27.1 Å². The molecule has 1 N–H and O–H groups in total. The summed E-state index contributed by atoms with van der Waals surface area (Å²) in [4.78, 5) is 15.2. The minimum Gasteiger partial charge on any atom is -0.504 e. The molecule has 0 aliphatic carbocycles. The van der Waals surface area contributed by atoms with E-state index in [-0.39, 0.29) is 18.1 Å². The standard InChI is InChI=1S/C10H10N2O3/c1-2-15-10(14)8-9(13)7-4-3-5-12(7)6-11-8/h3-6,13H,2H2,1H3. The van der Waals surface area contributed by atoms with Crippen molar-refractivity contribution in [3.63, 3.8) is 0 Å². The molecule has 0 amide bonds. The number of rotatable bonds is 2. The lowest BCUT2D eigenvalue weighted by atomic mass is 10.3. The fourth-order valence-corrected chi connectivity index (χ4v) is 1.35. The lowest BCUT2D eigenvalue weighted by Gasteiger charge is -2.04. The first kappa shape index (κ1) is 9.51. The summed E-state index contributed by atoms with van der Waals surface area (Å²) in [5, 5.41) is 9.75. The van der Waals surface area contributed by atoms with E-state index in [4.69, 9.17) is 4.74 Å². The Kier molecular flexibility index (Phi) is 2.29. The van der Waals surface area contributed by atoms with E-state index >= 15 is 0 Å². The Bertz CT molecular complexity index is 504. The van der Waals surface area contributed by atoms with Crippen LogP contribution in [0.1, 0.15) is 17.4 Å². The first-order chi connectivity index (χ1) is 7.24. The van der Waals surface area contributed by atoms with Gasteiger partial charge in [-0.1, -0.05) is 0 Å². The number of aromatic hydroxyl groups is 1. The Labute approximate surface area is 85.9 Å². The molecule has 15 heavy (non-hydrogen) atoms. The zero-order chi connectivity index (χ0) is 10.8. The van der Waals surface area contributed by atoms with Gasteiger partial charge in [0.2, 0.25) is 0 Å². The average molecular weight is 206 g/mol. The average Bonchev–Trinajstić information content (AvgIpc) is 2.67. The second kappa shape index (κ2) is 3.61. The number of hydrogen-bond acceptors (Lipinski definition) is 4. The fourth-order valence-electron chi connectivity index (χ4n) is 1.35. The van der Waals surface area contributed by atoms with Crippen molar-refractivity contribution in [2.24, 2.45) is 0 Å². The molecular formula is C10H10N2O3. The number of ether oxygens (including phenoxy) is 1. The molecule has 0 fully saturated rings. The van der Waals surface area contributed by atoms with Gasteiger partial charge in [-0.25, -0.2) is 9.78 Å². The van der Waals surface area contributed by atoms with Crippen molar-refractivity contribution >= 4 is 11.5 Å². The minimum atomic E-state index is -0.612. The highest BCUT2D eigenvalue weighted by Gasteiger charge is 2.16. The number of hydrogen-bond donors (Lipinski definition) is 1. The third kappa shape index (κ3) is 1.52. The Balaban J connectivity index is 2.52. The van der Waals surface area contributed by atoms with Crippen LogP contribution in [-0.2, 0) is 4.74 Å². The molecule has 78 valence electrons. The van der Waals surface area contributed by atoms with Crippen molar-refractivity contribution in [2.75, 3.05) is 6.61 Å². The maximum atomic E-state index is 11.4. The highest BCUT2D eigenvalue weighted by atomic mass is 16.5. The van der Waals surface area contributed by atoms with E-state index in [0.29, 0.717) is 5.52 Å². The smallest absolute Gasteiger partial charge is 0.360 e. The van der Waals surface area contributed by atoms with E-state index in [0.717, 1.165) is 0 Å². The number of carbonyl (C=O) groups excluding carboxylic acids is 1. The molecule has 0 aromatic carbocycles. The van der Waals surface area contributed by atoms with Crippen LogP contribution >= 0.6 is 0 Å². The number of aromatic nitrogens is 2. The Morgan fingerprint density at radius 1 is 1.67 bits per heavy atom. The van der Waals surface area contributed by atoms with Gasteiger partial charge in [-0.05, 0) is 19.1 Å². The third-order valence-electron chi connectivity index (χ3n) is 2.03. The summed E-state index contributed by atoms with van der Waals surface area (Å²) in [7, 11) is 0. The molecule has 0 bridgehead atoms. The quantitative estimate of drug-likeness (QED) is 0.750. The van der Waals surface area contributed by atoms with Crippen LogP contribution < -0.4 is 0 Å². The fraction of sp³-hybridized carbons (Fsp3) is 0.200. The van der Waals surface area contributed by atoms with Crippen molar-refractivity contribution in [3.05, 3.63) is 30.4 Å². The zero-order valence-electron chi connectivity index (χ0n) is 8.17. The molecule has 0 saturated carbocycles. The number of fused-ring (bicyclic) bond motifs is 1. The maximum Gasteiger partial charge on any atom is 0.360 e. The summed E-state index contributed by atoms with van der Waals surface area (Å²) in [6, 6.07) is 3.45. The van der Waals surface area contributed by atoms with Gasteiger partial charge >= 0.3 is 5.97 Å². The van der Waals surface area contributed by atoms with Gasteiger partial charge in [0.15, 0.2) is 11.4 Å². The normalized spacial score (nSPS) is 10.5. The SMILES string of the molecule is CCOC(=O)c1ncn2cccc2c1O. The molecule has 2 heterocycles. The van der Waals surface area contributed by atoms with E-state index in [1.807, 2.05) is 0 Å². The van der Waals surface area contributed by atoms with Gasteiger partial charge in [0.05, 0.1) is 12.1 Å². The predicted molar refractivity (Wildman–Crippen MR) is 52.8 cm³/mol. The molecular weight excluding hydrogens is 196 g/mol. The molecule has 0 spiro atoms. The van der Waals surface area contributed by atoms with Crippen molar-refractivity contribution in [2.45, 2.75) is 6.92 Å². The lowest BCUT2D eigenvalue weighted by molar-refractivity contribution is 0.0516. The van der Waals surface area contributed by atoms with Crippen LogP contribution in [0, 0.1) is 0 Å². The monoisotopic (exact) mass is 206 g/mol. The van der Waals surface area contributed by atoms with Crippen molar-refractivity contribution in [1.29, 1.82) is 0 Å². The van der Waals surface area contributed by atoms with E-state index < -0.39 is 5.97 Å². The molecule has 5 heteroatoms. The van der Waals surface area contributed by atoms with E-state index in [1.54, 1.807) is 29.7 Å². The van der Waals surface area contributed by atoms with Crippen LogP contribution in [0.4, 0.5) is 0 Å².